The second kappa shape index (κ2) is 7.02. The van der Waals surface area contributed by atoms with Crippen molar-refractivity contribution < 1.29 is 19.4 Å². The van der Waals surface area contributed by atoms with Crippen LogP contribution in [-0.4, -0.2) is 54.2 Å². The highest BCUT2D eigenvalue weighted by Crippen LogP contribution is 2.19. The maximum Gasteiger partial charge on any atom is 0.323 e. The van der Waals surface area contributed by atoms with Crippen LogP contribution in [0.25, 0.3) is 0 Å². The molecule has 116 valence electrons. The second-order valence-corrected chi connectivity index (χ2v) is 5.10. The SMILES string of the molecule is COC(=O)[C@@H]1C[C@@H](O)CN1CC(=O)Nc1cccc(C#N)c1. The molecule has 7 heteroatoms. The first-order valence-electron chi connectivity index (χ1n) is 6.83. The van der Waals surface area contributed by atoms with Gasteiger partial charge >= 0.3 is 5.97 Å². The van der Waals surface area contributed by atoms with Gasteiger partial charge in [0.2, 0.25) is 5.91 Å². The molecule has 0 aliphatic carbocycles. The van der Waals surface area contributed by atoms with Gasteiger partial charge in [-0.05, 0) is 18.2 Å². The van der Waals surface area contributed by atoms with Crippen molar-refractivity contribution in [3.8, 4) is 6.07 Å². The molecular weight excluding hydrogens is 286 g/mol. The third kappa shape index (κ3) is 3.81. The third-order valence-corrected chi connectivity index (χ3v) is 3.48. The minimum atomic E-state index is -0.654. The molecule has 1 saturated heterocycles. The molecule has 2 atom stereocenters. The van der Waals surface area contributed by atoms with Gasteiger partial charge in [0, 0.05) is 18.7 Å². The number of aliphatic hydroxyl groups excluding tert-OH is 1. The van der Waals surface area contributed by atoms with Crippen molar-refractivity contribution in [2.24, 2.45) is 0 Å². The fourth-order valence-corrected chi connectivity index (χ4v) is 2.49. The molecule has 2 rings (SSSR count). The molecule has 1 aliphatic heterocycles. The van der Waals surface area contributed by atoms with Crippen molar-refractivity contribution in [3.63, 3.8) is 0 Å². The number of ether oxygens (including phenoxy) is 1. The summed E-state index contributed by atoms with van der Waals surface area (Å²) in [5.41, 5.74) is 0.959. The lowest BCUT2D eigenvalue weighted by molar-refractivity contribution is -0.146. The monoisotopic (exact) mass is 303 g/mol. The first kappa shape index (κ1) is 15.9. The summed E-state index contributed by atoms with van der Waals surface area (Å²) in [6.07, 6.45) is -0.400. The zero-order valence-corrected chi connectivity index (χ0v) is 12.2. The Morgan fingerprint density at radius 3 is 3.00 bits per heavy atom. The summed E-state index contributed by atoms with van der Waals surface area (Å²) >= 11 is 0. The highest BCUT2D eigenvalue weighted by Gasteiger charge is 2.37. The van der Waals surface area contributed by atoms with E-state index in [-0.39, 0.29) is 25.4 Å². The molecule has 0 saturated carbocycles. The number of esters is 1. The Bertz CT molecular complexity index is 611. The van der Waals surface area contributed by atoms with Gasteiger partial charge in [-0.15, -0.1) is 0 Å². The third-order valence-electron chi connectivity index (χ3n) is 3.48. The first-order chi connectivity index (χ1) is 10.5. The highest BCUT2D eigenvalue weighted by molar-refractivity contribution is 5.92. The van der Waals surface area contributed by atoms with E-state index in [0.717, 1.165) is 0 Å². The Kier molecular flexibility index (Phi) is 5.09. The van der Waals surface area contributed by atoms with Gasteiger partial charge in [-0.2, -0.15) is 5.26 Å². The molecule has 22 heavy (non-hydrogen) atoms. The van der Waals surface area contributed by atoms with Crippen LogP contribution in [0.1, 0.15) is 12.0 Å². The molecule has 0 spiro atoms. The number of hydrogen-bond acceptors (Lipinski definition) is 6. The number of benzene rings is 1. The number of rotatable bonds is 4. The van der Waals surface area contributed by atoms with Gasteiger partial charge in [-0.3, -0.25) is 14.5 Å². The van der Waals surface area contributed by atoms with Gasteiger partial charge in [-0.1, -0.05) is 6.07 Å². The first-order valence-corrected chi connectivity index (χ1v) is 6.83. The Hall–Kier alpha value is -2.43. The molecular formula is C15H17N3O4. The summed E-state index contributed by atoms with van der Waals surface area (Å²) < 4.78 is 4.68. The molecule has 1 aromatic rings. The molecule has 0 radical (unpaired) electrons. The molecule has 2 N–H and O–H groups in total. The summed E-state index contributed by atoms with van der Waals surface area (Å²) in [6, 6.07) is 7.93. The summed E-state index contributed by atoms with van der Waals surface area (Å²) in [5.74, 6) is -0.783. The van der Waals surface area contributed by atoms with Crippen LogP contribution >= 0.6 is 0 Å². The van der Waals surface area contributed by atoms with Gasteiger partial charge in [0.25, 0.3) is 0 Å². The number of methoxy groups -OCH3 is 1. The van der Waals surface area contributed by atoms with E-state index in [4.69, 9.17) is 5.26 Å². The van der Waals surface area contributed by atoms with Crippen LogP contribution in [0.15, 0.2) is 24.3 Å². The number of anilines is 1. The van der Waals surface area contributed by atoms with Crippen LogP contribution in [0.4, 0.5) is 5.69 Å². The number of nitrogens with one attached hydrogen (secondary N) is 1. The van der Waals surface area contributed by atoms with Gasteiger partial charge in [0.1, 0.15) is 6.04 Å². The van der Waals surface area contributed by atoms with Crippen LogP contribution in [0.5, 0.6) is 0 Å². The Morgan fingerprint density at radius 1 is 1.55 bits per heavy atom. The number of amides is 1. The standard InChI is InChI=1S/C15H17N3O4/c1-22-15(21)13-6-12(19)8-18(13)9-14(20)17-11-4-2-3-10(5-11)7-16/h2-5,12-13,19H,6,8-9H2,1H3,(H,17,20)/t12-,13+/m1/s1. The van der Waals surface area contributed by atoms with Crippen molar-refractivity contribution >= 4 is 17.6 Å². The minimum absolute atomic E-state index is 0.0341. The largest absolute Gasteiger partial charge is 0.468 e. The lowest BCUT2D eigenvalue weighted by Gasteiger charge is -2.21. The van der Waals surface area contributed by atoms with E-state index in [1.54, 1.807) is 29.2 Å². The van der Waals surface area contributed by atoms with Crippen molar-refractivity contribution in [2.45, 2.75) is 18.6 Å². The van der Waals surface area contributed by atoms with Gasteiger partial charge in [0.15, 0.2) is 0 Å². The average Bonchev–Trinajstić information content (AvgIpc) is 2.87. The number of hydrogen-bond donors (Lipinski definition) is 2. The fourth-order valence-electron chi connectivity index (χ4n) is 2.49. The second-order valence-electron chi connectivity index (χ2n) is 5.10. The number of β-amino-alcohol motifs (C(OH)–C–C–N with tert-alkyl or cyclic N) is 1. The molecule has 1 heterocycles. The Morgan fingerprint density at radius 2 is 2.32 bits per heavy atom. The van der Waals surface area contributed by atoms with Crippen LogP contribution in [0, 0.1) is 11.3 Å². The Balaban J connectivity index is 1.98. The van der Waals surface area contributed by atoms with E-state index < -0.39 is 18.1 Å². The maximum absolute atomic E-state index is 12.1. The van der Waals surface area contributed by atoms with Crippen LogP contribution in [-0.2, 0) is 14.3 Å². The van der Waals surface area contributed by atoms with E-state index in [1.807, 2.05) is 6.07 Å². The quantitative estimate of drug-likeness (QED) is 0.765. The molecule has 1 fully saturated rings. The zero-order valence-electron chi connectivity index (χ0n) is 12.2. The highest BCUT2D eigenvalue weighted by atomic mass is 16.5. The fraction of sp³-hybridized carbons (Fsp3) is 0.400. The summed E-state index contributed by atoms with van der Waals surface area (Å²) in [6.45, 7) is 0.207. The number of nitrogens with zero attached hydrogens (tertiary/aromatic N) is 2. The number of likely N-dealkylation sites (tertiary alicyclic amines) is 1. The molecule has 0 aromatic heterocycles. The number of nitriles is 1. The van der Waals surface area contributed by atoms with Crippen molar-refractivity contribution in [3.05, 3.63) is 29.8 Å². The minimum Gasteiger partial charge on any atom is -0.468 e. The van der Waals surface area contributed by atoms with E-state index in [9.17, 15) is 14.7 Å². The van der Waals surface area contributed by atoms with E-state index in [0.29, 0.717) is 11.3 Å². The van der Waals surface area contributed by atoms with Crippen LogP contribution in [0.3, 0.4) is 0 Å². The van der Waals surface area contributed by atoms with Gasteiger partial charge in [-0.25, -0.2) is 0 Å². The van der Waals surface area contributed by atoms with Gasteiger partial charge in [0.05, 0.1) is 31.4 Å². The summed E-state index contributed by atoms with van der Waals surface area (Å²) in [7, 11) is 1.28. The van der Waals surface area contributed by atoms with E-state index >= 15 is 0 Å². The van der Waals surface area contributed by atoms with Crippen molar-refractivity contribution in [1.29, 1.82) is 5.26 Å². The summed E-state index contributed by atoms with van der Waals surface area (Å²) in [5, 5.41) is 21.2. The molecule has 0 bridgehead atoms. The zero-order chi connectivity index (χ0) is 16.1. The predicted octanol–water partition coefficient (Wildman–Crippen LogP) is 0.105. The van der Waals surface area contributed by atoms with Crippen molar-refractivity contribution in [1.82, 2.24) is 4.90 Å². The lowest BCUT2D eigenvalue weighted by Crippen LogP contribution is -2.41. The molecule has 0 unspecified atom stereocenters. The van der Waals surface area contributed by atoms with Crippen molar-refractivity contribution in [2.75, 3.05) is 25.5 Å². The lowest BCUT2D eigenvalue weighted by atomic mass is 10.2. The normalized spacial score (nSPS) is 21.1. The van der Waals surface area contributed by atoms with Gasteiger partial charge < -0.3 is 15.2 Å². The Labute approximate surface area is 128 Å². The van der Waals surface area contributed by atoms with E-state index in [1.165, 1.54) is 7.11 Å². The molecule has 7 nitrogen and oxygen atoms in total. The average molecular weight is 303 g/mol. The predicted molar refractivity (Wildman–Crippen MR) is 77.8 cm³/mol. The topological polar surface area (TPSA) is 103 Å². The number of aliphatic hydroxyl groups is 1. The van der Waals surface area contributed by atoms with Crippen LogP contribution in [0.2, 0.25) is 0 Å². The number of carbonyl (C=O) groups is 2. The summed E-state index contributed by atoms with van der Waals surface area (Å²) in [4.78, 5) is 25.3. The molecule has 1 aliphatic rings. The molecule has 1 amide bonds. The van der Waals surface area contributed by atoms with Crippen LogP contribution < -0.4 is 5.32 Å². The van der Waals surface area contributed by atoms with E-state index in [2.05, 4.69) is 10.1 Å². The number of carbonyl (C=O) groups excluding carboxylic acids is 2. The smallest absolute Gasteiger partial charge is 0.323 e. The maximum atomic E-state index is 12.1. The molecule has 1 aromatic carbocycles.